The molecule has 7 heteroatoms. The van der Waals surface area contributed by atoms with Gasteiger partial charge < -0.3 is 24.8 Å². The number of carbonyl (C=O) groups excluding carboxylic acids is 2. The monoisotopic (exact) mass is 358 g/mol. The van der Waals surface area contributed by atoms with E-state index >= 15 is 0 Å². The number of hydrogen-bond acceptors (Lipinski definition) is 5. The molecule has 7 nitrogen and oxygen atoms in total. The third kappa shape index (κ3) is 4.44. The topological polar surface area (TPSA) is 85.9 Å². The van der Waals surface area contributed by atoms with Crippen LogP contribution in [0.4, 0.5) is 5.69 Å². The van der Waals surface area contributed by atoms with Crippen molar-refractivity contribution in [3.63, 3.8) is 0 Å². The molecule has 2 aromatic carbocycles. The van der Waals surface area contributed by atoms with Gasteiger partial charge in [-0.1, -0.05) is 6.07 Å². The highest BCUT2D eigenvalue weighted by molar-refractivity contribution is 5.97. The van der Waals surface area contributed by atoms with Crippen molar-refractivity contribution in [1.82, 2.24) is 5.32 Å². The molecule has 2 N–H and O–H groups in total. The number of anilines is 1. The lowest BCUT2D eigenvalue weighted by Crippen LogP contribution is -2.18. The number of methoxy groups -OCH3 is 3. The Balaban J connectivity index is 2.13. The van der Waals surface area contributed by atoms with E-state index in [-0.39, 0.29) is 18.2 Å². The molecule has 0 spiro atoms. The van der Waals surface area contributed by atoms with E-state index in [1.807, 2.05) is 0 Å². The van der Waals surface area contributed by atoms with Crippen molar-refractivity contribution in [3.05, 3.63) is 47.5 Å². The molecule has 0 heterocycles. The zero-order chi connectivity index (χ0) is 19.1. The van der Waals surface area contributed by atoms with Crippen LogP contribution in [0.5, 0.6) is 17.2 Å². The highest BCUT2D eigenvalue weighted by Gasteiger charge is 2.13. The Morgan fingerprint density at radius 1 is 0.885 bits per heavy atom. The fraction of sp³-hybridized carbons (Fsp3) is 0.263. The molecule has 0 saturated heterocycles. The molecule has 0 bridgehead atoms. The molecular formula is C19H22N2O5. The largest absolute Gasteiger partial charge is 0.495 e. The fourth-order valence-electron chi connectivity index (χ4n) is 2.45. The Bertz CT molecular complexity index is 805. The molecule has 0 atom stereocenters. The second-order valence-corrected chi connectivity index (χ2v) is 5.41. The first-order chi connectivity index (χ1) is 12.5. The minimum Gasteiger partial charge on any atom is -0.495 e. The molecule has 0 unspecified atom stereocenters. The predicted octanol–water partition coefficient (Wildman–Crippen LogP) is 2.25. The quantitative estimate of drug-likeness (QED) is 0.793. The number of carbonyl (C=O) groups is 2. The van der Waals surface area contributed by atoms with Gasteiger partial charge in [0.15, 0.2) is 11.5 Å². The van der Waals surface area contributed by atoms with E-state index in [9.17, 15) is 9.59 Å². The number of hydrogen-bond donors (Lipinski definition) is 2. The molecular weight excluding hydrogens is 336 g/mol. The summed E-state index contributed by atoms with van der Waals surface area (Å²) in [5.74, 6) is 1.12. The maximum Gasteiger partial charge on any atom is 0.251 e. The molecule has 26 heavy (non-hydrogen) atoms. The smallest absolute Gasteiger partial charge is 0.251 e. The summed E-state index contributed by atoms with van der Waals surface area (Å²) in [6, 6.07) is 10.1. The third-order valence-corrected chi connectivity index (χ3v) is 3.78. The first kappa shape index (κ1) is 19.1. The Morgan fingerprint density at radius 2 is 1.58 bits per heavy atom. The van der Waals surface area contributed by atoms with E-state index in [1.165, 1.54) is 7.11 Å². The van der Waals surface area contributed by atoms with Gasteiger partial charge in [-0.15, -0.1) is 0 Å². The van der Waals surface area contributed by atoms with Gasteiger partial charge in [0, 0.05) is 12.6 Å². The summed E-state index contributed by atoms with van der Waals surface area (Å²) in [6.45, 7) is 0. The van der Waals surface area contributed by atoms with Gasteiger partial charge in [0.05, 0.1) is 33.4 Å². The maximum atomic E-state index is 12.4. The van der Waals surface area contributed by atoms with Gasteiger partial charge in [-0.05, 0) is 35.9 Å². The van der Waals surface area contributed by atoms with Crippen LogP contribution in [0.25, 0.3) is 0 Å². The van der Waals surface area contributed by atoms with Gasteiger partial charge in [0.25, 0.3) is 5.91 Å². The van der Waals surface area contributed by atoms with E-state index in [4.69, 9.17) is 14.2 Å². The summed E-state index contributed by atoms with van der Waals surface area (Å²) < 4.78 is 15.7. The molecule has 2 aromatic rings. The molecule has 0 radical (unpaired) electrons. The highest BCUT2D eigenvalue weighted by Crippen LogP contribution is 2.29. The molecule has 0 aliphatic heterocycles. The molecule has 0 aromatic heterocycles. The van der Waals surface area contributed by atoms with Crippen molar-refractivity contribution in [2.24, 2.45) is 0 Å². The minimum absolute atomic E-state index is 0.153. The second-order valence-electron chi connectivity index (χ2n) is 5.41. The summed E-state index contributed by atoms with van der Waals surface area (Å²) in [7, 11) is 6.13. The van der Waals surface area contributed by atoms with Crippen molar-refractivity contribution < 1.29 is 23.8 Å². The first-order valence-corrected chi connectivity index (χ1v) is 7.93. The predicted molar refractivity (Wildman–Crippen MR) is 98.3 cm³/mol. The van der Waals surface area contributed by atoms with Crippen LogP contribution in [0.1, 0.15) is 15.9 Å². The lowest BCUT2D eigenvalue weighted by atomic mass is 10.1. The lowest BCUT2D eigenvalue weighted by Gasteiger charge is -2.12. The van der Waals surface area contributed by atoms with E-state index in [0.717, 1.165) is 5.56 Å². The van der Waals surface area contributed by atoms with Crippen LogP contribution in [-0.4, -0.2) is 40.2 Å². The van der Waals surface area contributed by atoms with Crippen molar-refractivity contribution >= 4 is 17.5 Å². The Labute approximate surface area is 152 Å². The summed E-state index contributed by atoms with van der Waals surface area (Å²) in [5, 5.41) is 5.33. The minimum atomic E-state index is -0.230. The van der Waals surface area contributed by atoms with Gasteiger partial charge in [0.1, 0.15) is 5.75 Å². The normalized spacial score (nSPS) is 10.0. The van der Waals surface area contributed by atoms with Gasteiger partial charge in [0.2, 0.25) is 5.91 Å². The van der Waals surface area contributed by atoms with E-state index < -0.39 is 0 Å². The fourth-order valence-corrected chi connectivity index (χ4v) is 2.45. The molecule has 138 valence electrons. The van der Waals surface area contributed by atoms with E-state index in [2.05, 4.69) is 10.6 Å². The summed E-state index contributed by atoms with van der Waals surface area (Å²) in [4.78, 5) is 24.1. The van der Waals surface area contributed by atoms with Crippen LogP contribution in [0.3, 0.4) is 0 Å². The number of nitrogens with one attached hydrogen (secondary N) is 2. The molecule has 0 aliphatic carbocycles. The van der Waals surface area contributed by atoms with Crippen molar-refractivity contribution in [1.29, 1.82) is 0 Å². The van der Waals surface area contributed by atoms with Crippen LogP contribution in [0, 0.1) is 0 Å². The van der Waals surface area contributed by atoms with E-state index in [0.29, 0.717) is 28.5 Å². The Hall–Kier alpha value is -3.22. The maximum absolute atomic E-state index is 12.4. The zero-order valence-corrected chi connectivity index (χ0v) is 15.2. The standard InChI is InChI=1S/C19H22N2O5/c1-20-19(23)13-6-7-14(16(11-13)25-3)21-18(22)10-12-5-8-15(24-2)17(9-12)26-4/h5-9,11H,10H2,1-4H3,(H,20,23)(H,21,22). The van der Waals surface area contributed by atoms with Gasteiger partial charge >= 0.3 is 0 Å². The number of rotatable bonds is 7. The van der Waals surface area contributed by atoms with Crippen molar-refractivity contribution in [2.75, 3.05) is 33.7 Å². The van der Waals surface area contributed by atoms with Gasteiger partial charge in [-0.3, -0.25) is 9.59 Å². The second kappa shape index (κ2) is 8.75. The highest BCUT2D eigenvalue weighted by atomic mass is 16.5. The SMILES string of the molecule is CNC(=O)c1ccc(NC(=O)Cc2ccc(OC)c(OC)c2)c(OC)c1. The Morgan fingerprint density at radius 3 is 2.19 bits per heavy atom. The zero-order valence-electron chi connectivity index (χ0n) is 15.2. The van der Waals surface area contributed by atoms with Crippen LogP contribution in [0.15, 0.2) is 36.4 Å². The van der Waals surface area contributed by atoms with Gasteiger partial charge in [-0.2, -0.15) is 0 Å². The molecule has 2 rings (SSSR count). The van der Waals surface area contributed by atoms with Crippen LogP contribution in [-0.2, 0) is 11.2 Å². The summed E-state index contributed by atoms with van der Waals surface area (Å²) in [5.41, 5.74) is 1.72. The number of amides is 2. The molecule has 0 aliphatic rings. The molecule has 2 amide bonds. The Kier molecular flexibility index (Phi) is 6.43. The van der Waals surface area contributed by atoms with Crippen molar-refractivity contribution in [3.8, 4) is 17.2 Å². The summed E-state index contributed by atoms with van der Waals surface area (Å²) in [6.07, 6.45) is 0.153. The summed E-state index contributed by atoms with van der Waals surface area (Å²) >= 11 is 0. The number of ether oxygens (including phenoxy) is 3. The average Bonchev–Trinajstić information content (AvgIpc) is 2.67. The molecule has 0 saturated carbocycles. The van der Waals surface area contributed by atoms with Crippen LogP contribution < -0.4 is 24.8 Å². The van der Waals surface area contributed by atoms with Gasteiger partial charge in [-0.25, -0.2) is 0 Å². The lowest BCUT2D eigenvalue weighted by molar-refractivity contribution is -0.115. The number of benzene rings is 2. The average molecular weight is 358 g/mol. The third-order valence-electron chi connectivity index (χ3n) is 3.78. The van der Waals surface area contributed by atoms with Crippen LogP contribution in [0.2, 0.25) is 0 Å². The molecule has 0 fully saturated rings. The first-order valence-electron chi connectivity index (χ1n) is 7.93. The van der Waals surface area contributed by atoms with E-state index in [1.54, 1.807) is 57.7 Å². The van der Waals surface area contributed by atoms with Crippen molar-refractivity contribution in [2.45, 2.75) is 6.42 Å². The van der Waals surface area contributed by atoms with Crippen LogP contribution >= 0.6 is 0 Å².